The zero-order valence-corrected chi connectivity index (χ0v) is 21.1. The molecule has 3 aliphatic heterocycles. The molecule has 41 heavy (non-hydrogen) atoms. The molecule has 6 rings (SSSR count). The summed E-state index contributed by atoms with van der Waals surface area (Å²) in [6.07, 6.45) is 0. The Bertz CT molecular complexity index is 1820. The highest BCUT2D eigenvalue weighted by molar-refractivity contribution is 6.09. The fourth-order valence-electron chi connectivity index (χ4n) is 5.22. The minimum Gasteiger partial charge on any atom is -0.478 e. The van der Waals surface area contributed by atoms with Gasteiger partial charge in [0.2, 0.25) is 18.4 Å². The summed E-state index contributed by atoms with van der Waals surface area (Å²) in [4.78, 5) is 25.6. The normalized spacial score (nSPS) is 17.3. The SMILES string of the molecule is COC(=O)c1ccc(C(=O)O)cc1-c1c2cc(F)c(=[N+]3CC(F)(F)C3)cc-2oc2cc(N3CC(F)(F)C3)c(F)cc12. The fraction of sp³-hybridized carbons (Fsp3) is 0.250. The van der Waals surface area contributed by atoms with E-state index in [4.69, 9.17) is 9.15 Å². The van der Waals surface area contributed by atoms with Crippen LogP contribution in [0.5, 0.6) is 0 Å². The van der Waals surface area contributed by atoms with Crippen LogP contribution in [0.2, 0.25) is 0 Å². The van der Waals surface area contributed by atoms with Gasteiger partial charge >= 0.3 is 17.9 Å². The topological polar surface area (TPSA) is 83.0 Å². The highest BCUT2D eigenvalue weighted by Gasteiger charge is 2.50. The predicted octanol–water partition coefficient (Wildman–Crippen LogP) is 4.84. The van der Waals surface area contributed by atoms with Gasteiger partial charge in [0.1, 0.15) is 17.2 Å². The van der Waals surface area contributed by atoms with Crippen LogP contribution in [0.1, 0.15) is 20.7 Å². The van der Waals surface area contributed by atoms with Crippen LogP contribution in [0, 0.1) is 11.6 Å². The molecule has 0 spiro atoms. The van der Waals surface area contributed by atoms with Gasteiger partial charge in [0.15, 0.2) is 5.82 Å². The van der Waals surface area contributed by atoms with Gasteiger partial charge in [-0.15, -0.1) is 0 Å². The van der Waals surface area contributed by atoms with E-state index in [1.54, 1.807) is 0 Å². The fourth-order valence-corrected chi connectivity index (χ4v) is 5.22. The maximum atomic E-state index is 15.4. The molecule has 3 heterocycles. The Labute approximate surface area is 226 Å². The Morgan fingerprint density at radius 1 is 0.951 bits per heavy atom. The summed E-state index contributed by atoms with van der Waals surface area (Å²) in [6, 6.07) is 7.75. The molecule has 212 valence electrons. The van der Waals surface area contributed by atoms with Crippen LogP contribution < -0.4 is 14.8 Å². The molecule has 0 unspecified atom stereocenters. The molecule has 0 saturated carbocycles. The van der Waals surface area contributed by atoms with E-state index in [-0.39, 0.29) is 55.6 Å². The summed E-state index contributed by atoms with van der Waals surface area (Å²) in [6.45, 7) is -2.94. The van der Waals surface area contributed by atoms with Crippen molar-refractivity contribution in [2.45, 2.75) is 11.8 Å². The molecule has 0 atom stereocenters. The quantitative estimate of drug-likeness (QED) is 0.162. The van der Waals surface area contributed by atoms with Crippen LogP contribution in [-0.2, 0) is 4.74 Å². The zero-order chi connectivity index (χ0) is 29.4. The van der Waals surface area contributed by atoms with E-state index in [0.717, 1.165) is 40.9 Å². The van der Waals surface area contributed by atoms with Crippen LogP contribution in [-0.4, -0.2) is 62.2 Å². The lowest BCUT2D eigenvalue weighted by molar-refractivity contribution is -0.0649. The van der Waals surface area contributed by atoms with Crippen LogP contribution in [0.15, 0.2) is 46.9 Å². The second-order valence-electron chi connectivity index (χ2n) is 10.1. The molecule has 2 fully saturated rings. The third kappa shape index (κ3) is 4.45. The number of hydrogen-bond acceptors (Lipinski definition) is 5. The number of anilines is 1. The summed E-state index contributed by atoms with van der Waals surface area (Å²) in [5.74, 6) is -10.1. The molecule has 0 radical (unpaired) electrons. The number of hydrogen-bond donors (Lipinski definition) is 1. The number of methoxy groups -OCH3 is 1. The van der Waals surface area contributed by atoms with E-state index in [1.807, 2.05) is 0 Å². The van der Waals surface area contributed by atoms with E-state index in [2.05, 4.69) is 0 Å². The van der Waals surface area contributed by atoms with Gasteiger partial charge < -0.3 is 19.2 Å². The van der Waals surface area contributed by atoms with Crippen LogP contribution in [0.3, 0.4) is 0 Å². The minimum absolute atomic E-state index is 0.0106. The van der Waals surface area contributed by atoms with Crippen LogP contribution in [0.25, 0.3) is 33.4 Å². The summed E-state index contributed by atoms with van der Waals surface area (Å²) in [7, 11) is 1.09. The second-order valence-corrected chi connectivity index (χ2v) is 10.1. The van der Waals surface area contributed by atoms with Gasteiger partial charge in [0.25, 0.3) is 5.92 Å². The monoisotopic (exact) mass is 577 g/mol. The Kier molecular flexibility index (Phi) is 5.84. The molecule has 0 bridgehead atoms. The van der Waals surface area contributed by atoms with Gasteiger partial charge in [-0.3, -0.25) is 0 Å². The van der Waals surface area contributed by atoms with Crippen molar-refractivity contribution >= 4 is 28.6 Å². The molecule has 2 aromatic rings. The summed E-state index contributed by atoms with van der Waals surface area (Å²) in [5.41, 5.74) is -0.755. The van der Waals surface area contributed by atoms with Crippen molar-refractivity contribution in [3.63, 3.8) is 0 Å². The number of halogens is 6. The maximum absolute atomic E-state index is 15.4. The molecule has 1 aliphatic carbocycles. The van der Waals surface area contributed by atoms with Crippen LogP contribution in [0.4, 0.5) is 32.0 Å². The van der Waals surface area contributed by atoms with Gasteiger partial charge in [-0.1, -0.05) is 0 Å². The molecule has 13 heteroatoms. The first-order chi connectivity index (χ1) is 19.3. The smallest absolute Gasteiger partial charge is 0.361 e. The summed E-state index contributed by atoms with van der Waals surface area (Å²) < 4.78 is 96.8. The molecule has 4 aliphatic rings. The van der Waals surface area contributed by atoms with E-state index in [1.165, 1.54) is 18.2 Å². The minimum atomic E-state index is -3.01. The lowest BCUT2D eigenvalue weighted by Crippen LogP contribution is -2.58. The van der Waals surface area contributed by atoms with E-state index in [9.17, 15) is 32.3 Å². The van der Waals surface area contributed by atoms with E-state index in [0.29, 0.717) is 0 Å². The number of alkyl halides is 4. The van der Waals surface area contributed by atoms with Crippen molar-refractivity contribution in [2.75, 3.05) is 38.2 Å². The first-order valence-electron chi connectivity index (χ1n) is 12.2. The Morgan fingerprint density at radius 3 is 2.27 bits per heavy atom. The molecular weight excluding hydrogens is 558 g/mol. The number of rotatable bonds is 4. The predicted molar refractivity (Wildman–Crippen MR) is 134 cm³/mol. The van der Waals surface area contributed by atoms with Crippen molar-refractivity contribution in [3.8, 4) is 22.5 Å². The van der Waals surface area contributed by atoms with Crippen molar-refractivity contribution in [2.24, 2.45) is 0 Å². The number of aromatic carboxylic acids is 1. The van der Waals surface area contributed by atoms with Crippen molar-refractivity contribution in [3.05, 3.63) is 70.6 Å². The highest BCUT2D eigenvalue weighted by atomic mass is 19.3. The Hall–Kier alpha value is -4.55. The van der Waals surface area contributed by atoms with E-state index >= 15 is 8.78 Å². The van der Waals surface area contributed by atoms with Crippen molar-refractivity contribution < 1.29 is 50.2 Å². The summed E-state index contributed by atoms with van der Waals surface area (Å²) >= 11 is 0. The van der Waals surface area contributed by atoms with Crippen molar-refractivity contribution in [1.29, 1.82) is 0 Å². The maximum Gasteiger partial charge on any atom is 0.361 e. The molecule has 2 aromatic carbocycles. The second kappa shape index (κ2) is 8.98. The molecule has 0 aromatic heterocycles. The lowest BCUT2D eigenvalue weighted by Gasteiger charge is -2.40. The first-order valence-corrected chi connectivity index (χ1v) is 12.2. The number of carbonyl (C=O) groups excluding carboxylic acids is 1. The van der Waals surface area contributed by atoms with E-state index < -0.39 is 61.6 Å². The molecular formula is C28H19F6N2O5+. The molecule has 7 nitrogen and oxygen atoms in total. The van der Waals surface area contributed by atoms with Crippen LogP contribution >= 0.6 is 0 Å². The lowest BCUT2D eigenvalue weighted by atomic mass is 9.89. The third-order valence-electron chi connectivity index (χ3n) is 7.17. The number of esters is 1. The van der Waals surface area contributed by atoms with Crippen molar-refractivity contribution in [1.82, 2.24) is 4.58 Å². The number of benzene rings is 3. The number of carbonyl (C=O) groups is 2. The average Bonchev–Trinajstić information content (AvgIpc) is 2.88. The third-order valence-corrected chi connectivity index (χ3v) is 7.17. The number of carboxylic acids is 1. The van der Waals surface area contributed by atoms with Gasteiger partial charge in [-0.05, 0) is 35.9 Å². The number of fused-ring (bicyclic) bond motifs is 2. The molecule has 1 N–H and O–H groups in total. The summed E-state index contributed by atoms with van der Waals surface area (Å²) in [5, 5.41) is 9.39. The number of nitrogens with zero attached hydrogens (tertiary/aromatic N) is 2. The largest absolute Gasteiger partial charge is 0.478 e. The Morgan fingerprint density at radius 2 is 1.66 bits per heavy atom. The van der Waals surface area contributed by atoms with Gasteiger partial charge in [0.05, 0.1) is 43.1 Å². The zero-order valence-electron chi connectivity index (χ0n) is 21.1. The molecule has 0 amide bonds. The number of carboxylic acid groups (broad SMARTS) is 1. The van der Waals surface area contributed by atoms with Gasteiger partial charge in [-0.25, -0.2) is 27.3 Å². The number of ether oxygens (including phenoxy) is 1. The standard InChI is InChI=1S/C28H18F6N2O5/c1-40-26(39)14-3-2-13(25(37)38)4-15(14)24-16-5-18(29)20(35-9-27(31,32)10-35)7-22(16)41-23-8-21(19(30)6-17(23)24)36-11-28(33,34)12-36/h2-8H,9-12H2,1H3/p+1. The van der Waals surface area contributed by atoms with Gasteiger partial charge in [-0.2, -0.15) is 13.2 Å². The van der Waals surface area contributed by atoms with Gasteiger partial charge in [0, 0.05) is 22.6 Å². The molecule has 2 saturated heterocycles. The first kappa shape index (κ1) is 26.7. The average molecular weight is 577 g/mol. The Balaban J connectivity index is 1.70. The highest BCUT2D eigenvalue weighted by Crippen LogP contribution is 2.44.